The number of benzene rings is 1. The minimum atomic E-state index is -0.345. The van der Waals surface area contributed by atoms with Crippen molar-refractivity contribution in [2.24, 2.45) is 5.92 Å². The van der Waals surface area contributed by atoms with Gasteiger partial charge in [-0.2, -0.15) is 0 Å². The first-order valence-corrected chi connectivity index (χ1v) is 8.65. The Bertz CT molecular complexity index is 847. The van der Waals surface area contributed by atoms with Crippen molar-refractivity contribution in [1.82, 2.24) is 20.5 Å². The highest BCUT2D eigenvalue weighted by Crippen LogP contribution is 2.34. The summed E-state index contributed by atoms with van der Waals surface area (Å²) in [7, 11) is 0. The van der Waals surface area contributed by atoms with E-state index in [1.165, 1.54) is 0 Å². The van der Waals surface area contributed by atoms with Crippen LogP contribution in [-0.4, -0.2) is 34.4 Å². The van der Waals surface area contributed by atoms with Crippen LogP contribution in [0.15, 0.2) is 23.0 Å². The van der Waals surface area contributed by atoms with Crippen LogP contribution in [0.2, 0.25) is 0 Å². The predicted octanol–water partition coefficient (Wildman–Crippen LogP) is 1.66. The molecule has 1 aliphatic heterocycles. The Balaban J connectivity index is 1.61. The monoisotopic (exact) mass is 358 g/mol. The number of nitrogens with one attached hydrogen (secondary N) is 2. The third kappa shape index (κ3) is 4.38. The van der Waals surface area contributed by atoms with Crippen molar-refractivity contribution in [3.05, 3.63) is 34.2 Å². The third-order valence-electron chi connectivity index (χ3n) is 4.04. The molecule has 1 aromatic carbocycles. The van der Waals surface area contributed by atoms with Crippen molar-refractivity contribution in [3.63, 3.8) is 0 Å². The number of amides is 1. The highest BCUT2D eigenvalue weighted by Gasteiger charge is 2.15. The van der Waals surface area contributed by atoms with Gasteiger partial charge in [0.2, 0.25) is 12.7 Å². The summed E-state index contributed by atoms with van der Waals surface area (Å²) < 4.78 is 10.6. The van der Waals surface area contributed by atoms with Crippen molar-refractivity contribution in [2.75, 3.05) is 13.3 Å². The zero-order chi connectivity index (χ0) is 18.5. The van der Waals surface area contributed by atoms with Gasteiger partial charge in [-0.05, 0) is 30.5 Å². The first-order chi connectivity index (χ1) is 12.5. The molecule has 1 aliphatic rings. The highest BCUT2D eigenvalue weighted by atomic mass is 16.7. The van der Waals surface area contributed by atoms with E-state index in [2.05, 4.69) is 34.3 Å². The van der Waals surface area contributed by atoms with Crippen molar-refractivity contribution < 1.29 is 14.3 Å². The average Bonchev–Trinajstić information content (AvgIpc) is 3.08. The van der Waals surface area contributed by atoms with Crippen molar-refractivity contribution in [2.45, 2.75) is 33.1 Å². The molecule has 2 aromatic rings. The lowest BCUT2D eigenvalue weighted by Crippen LogP contribution is -2.27. The standard InChI is InChI=1S/C18H22N4O4/c1-11(2)7-8-19-16(23)6-4-13-18(24)20-17(22-21-13)12-3-5-14-15(9-12)26-10-25-14/h3,5,9,11H,4,6-8,10H2,1-2H3,(H,19,23)(H,20,22,24). The number of aromatic nitrogens is 3. The van der Waals surface area contributed by atoms with Gasteiger partial charge < -0.3 is 19.8 Å². The molecule has 1 amide bonds. The second kappa shape index (κ2) is 7.99. The maximum atomic E-state index is 12.2. The van der Waals surface area contributed by atoms with E-state index in [9.17, 15) is 9.59 Å². The quantitative estimate of drug-likeness (QED) is 0.780. The van der Waals surface area contributed by atoms with Crippen LogP contribution in [0.1, 0.15) is 32.4 Å². The summed E-state index contributed by atoms with van der Waals surface area (Å²) in [6.45, 7) is 5.02. The molecule has 1 aromatic heterocycles. The molecule has 138 valence electrons. The molecule has 0 fully saturated rings. The Kier molecular flexibility index (Phi) is 5.50. The van der Waals surface area contributed by atoms with Crippen LogP contribution in [-0.2, 0) is 11.2 Å². The number of H-pyrrole nitrogens is 1. The lowest BCUT2D eigenvalue weighted by atomic mass is 10.1. The second-order valence-corrected chi connectivity index (χ2v) is 6.55. The van der Waals surface area contributed by atoms with Gasteiger partial charge in [0.05, 0.1) is 0 Å². The van der Waals surface area contributed by atoms with E-state index in [1.807, 2.05) is 0 Å². The first kappa shape index (κ1) is 17.9. The molecule has 0 saturated heterocycles. The van der Waals surface area contributed by atoms with Crippen molar-refractivity contribution >= 4 is 5.91 Å². The Labute approximate surface area is 150 Å². The van der Waals surface area contributed by atoms with Gasteiger partial charge in [0.25, 0.3) is 5.56 Å². The molecule has 0 saturated carbocycles. The molecule has 0 aliphatic carbocycles. The largest absolute Gasteiger partial charge is 0.454 e. The summed E-state index contributed by atoms with van der Waals surface area (Å²) >= 11 is 0. The van der Waals surface area contributed by atoms with Gasteiger partial charge in [-0.3, -0.25) is 9.59 Å². The Morgan fingerprint density at radius 2 is 2.08 bits per heavy atom. The predicted molar refractivity (Wildman–Crippen MR) is 95.0 cm³/mol. The number of ether oxygens (including phenoxy) is 2. The number of carbonyl (C=O) groups is 1. The molecule has 8 heteroatoms. The van der Waals surface area contributed by atoms with E-state index >= 15 is 0 Å². The molecule has 0 bridgehead atoms. The van der Waals surface area contributed by atoms with Gasteiger partial charge in [0, 0.05) is 24.9 Å². The zero-order valence-electron chi connectivity index (χ0n) is 14.9. The fraction of sp³-hybridized carbons (Fsp3) is 0.444. The Morgan fingerprint density at radius 3 is 2.85 bits per heavy atom. The maximum absolute atomic E-state index is 12.2. The second-order valence-electron chi connectivity index (χ2n) is 6.55. The van der Waals surface area contributed by atoms with Crippen LogP contribution >= 0.6 is 0 Å². The molecule has 8 nitrogen and oxygen atoms in total. The topological polar surface area (TPSA) is 106 Å². The summed E-state index contributed by atoms with van der Waals surface area (Å²) in [4.78, 5) is 26.7. The van der Waals surface area contributed by atoms with Crippen LogP contribution in [0.25, 0.3) is 11.4 Å². The van der Waals surface area contributed by atoms with Crippen LogP contribution in [0.3, 0.4) is 0 Å². The van der Waals surface area contributed by atoms with Gasteiger partial charge in [-0.15, -0.1) is 10.2 Å². The lowest BCUT2D eigenvalue weighted by molar-refractivity contribution is -0.121. The number of fused-ring (bicyclic) bond motifs is 1. The van der Waals surface area contributed by atoms with Crippen LogP contribution in [0.5, 0.6) is 11.5 Å². The lowest BCUT2D eigenvalue weighted by Gasteiger charge is -2.07. The molecule has 26 heavy (non-hydrogen) atoms. The molecule has 0 unspecified atom stereocenters. The first-order valence-electron chi connectivity index (χ1n) is 8.65. The minimum Gasteiger partial charge on any atom is -0.454 e. The summed E-state index contributed by atoms with van der Waals surface area (Å²) in [5.41, 5.74) is 0.577. The van der Waals surface area contributed by atoms with E-state index < -0.39 is 0 Å². The molecule has 0 radical (unpaired) electrons. The van der Waals surface area contributed by atoms with Gasteiger partial charge in [-0.1, -0.05) is 13.8 Å². The van der Waals surface area contributed by atoms with Gasteiger partial charge >= 0.3 is 0 Å². The fourth-order valence-corrected chi connectivity index (χ4v) is 2.52. The number of carbonyl (C=O) groups excluding carboxylic acids is 1. The number of nitrogens with zero attached hydrogens (tertiary/aromatic N) is 2. The molecule has 0 spiro atoms. The Hall–Kier alpha value is -2.90. The molecule has 2 N–H and O–H groups in total. The van der Waals surface area contributed by atoms with Crippen molar-refractivity contribution in [3.8, 4) is 22.9 Å². The molecule has 0 atom stereocenters. The molecular formula is C18H22N4O4. The maximum Gasteiger partial charge on any atom is 0.273 e. The molecule has 2 heterocycles. The van der Waals surface area contributed by atoms with Crippen molar-refractivity contribution in [1.29, 1.82) is 0 Å². The summed E-state index contributed by atoms with van der Waals surface area (Å²) in [5, 5.41) is 10.9. The molecular weight excluding hydrogens is 336 g/mol. The van der Waals surface area contributed by atoms with E-state index in [1.54, 1.807) is 18.2 Å². The highest BCUT2D eigenvalue weighted by molar-refractivity contribution is 5.76. The van der Waals surface area contributed by atoms with Gasteiger partial charge in [0.15, 0.2) is 17.3 Å². The van der Waals surface area contributed by atoms with E-state index in [4.69, 9.17) is 9.47 Å². The third-order valence-corrected chi connectivity index (χ3v) is 4.04. The minimum absolute atomic E-state index is 0.0910. The van der Waals surface area contributed by atoms with Gasteiger partial charge in [-0.25, -0.2) is 0 Å². The number of aromatic amines is 1. The summed E-state index contributed by atoms with van der Waals surface area (Å²) in [5.74, 6) is 2.05. The number of hydrogen-bond acceptors (Lipinski definition) is 6. The van der Waals surface area contributed by atoms with Crippen LogP contribution < -0.4 is 20.3 Å². The summed E-state index contributed by atoms with van der Waals surface area (Å²) in [6, 6.07) is 5.27. The SMILES string of the molecule is CC(C)CCNC(=O)CCc1nnc(-c2ccc3c(c2)OCO3)[nH]c1=O. The van der Waals surface area contributed by atoms with E-state index in [-0.39, 0.29) is 36.8 Å². The van der Waals surface area contributed by atoms with Gasteiger partial charge in [0.1, 0.15) is 5.69 Å². The normalized spacial score (nSPS) is 12.4. The zero-order valence-corrected chi connectivity index (χ0v) is 14.9. The van der Waals surface area contributed by atoms with Crippen LogP contribution in [0.4, 0.5) is 0 Å². The van der Waals surface area contributed by atoms with Crippen LogP contribution in [0, 0.1) is 5.92 Å². The Morgan fingerprint density at radius 1 is 1.27 bits per heavy atom. The van der Waals surface area contributed by atoms with E-state index in [0.29, 0.717) is 35.3 Å². The average molecular weight is 358 g/mol. The smallest absolute Gasteiger partial charge is 0.273 e. The number of hydrogen-bond donors (Lipinski definition) is 2. The summed E-state index contributed by atoms with van der Waals surface area (Å²) in [6.07, 6.45) is 1.38. The number of rotatable bonds is 7. The number of aryl methyl sites for hydroxylation is 1. The molecule has 3 rings (SSSR count). The van der Waals surface area contributed by atoms with E-state index in [0.717, 1.165) is 6.42 Å². The fourth-order valence-electron chi connectivity index (χ4n) is 2.52.